The molecule has 1 aliphatic heterocycles. The Morgan fingerprint density at radius 1 is 1.12 bits per heavy atom. The molecule has 0 radical (unpaired) electrons. The van der Waals surface area contributed by atoms with Crippen LogP contribution in [0.25, 0.3) is 0 Å². The van der Waals surface area contributed by atoms with E-state index in [0.717, 1.165) is 0 Å². The van der Waals surface area contributed by atoms with Crippen molar-refractivity contribution in [2.45, 2.75) is 25.5 Å². The van der Waals surface area contributed by atoms with Crippen LogP contribution >= 0.6 is 0 Å². The monoisotopic (exact) mass is 450 g/mol. The average molecular weight is 450 g/mol. The molecule has 0 unspecified atom stereocenters. The molecule has 170 valence electrons. The highest BCUT2D eigenvalue weighted by atomic mass is 19.1. The summed E-state index contributed by atoms with van der Waals surface area (Å²) in [4.78, 5) is 35.3. The number of anilines is 1. The zero-order chi connectivity index (χ0) is 23.8. The Morgan fingerprint density at radius 2 is 1.73 bits per heavy atom. The predicted octanol–water partition coefficient (Wildman–Crippen LogP) is 2.57. The lowest BCUT2D eigenvalue weighted by atomic mass is 9.76. The van der Waals surface area contributed by atoms with E-state index < -0.39 is 23.4 Å². The van der Waals surface area contributed by atoms with Crippen LogP contribution in [0.15, 0.2) is 54.6 Å². The Balaban J connectivity index is 2.02. The van der Waals surface area contributed by atoms with Crippen molar-refractivity contribution >= 4 is 17.6 Å². The van der Waals surface area contributed by atoms with Crippen LogP contribution in [0.2, 0.25) is 0 Å². The molecule has 0 saturated carbocycles. The van der Waals surface area contributed by atoms with Crippen molar-refractivity contribution in [1.82, 2.24) is 15.3 Å². The number of aryl methyl sites for hydroxylation is 2. The maximum Gasteiger partial charge on any atom is 0.347 e. The molecule has 0 bridgehead atoms. The first-order chi connectivity index (χ1) is 15.7. The molecule has 2 heterocycles. The first kappa shape index (κ1) is 22.3. The van der Waals surface area contributed by atoms with Crippen molar-refractivity contribution in [1.29, 1.82) is 0 Å². The summed E-state index contributed by atoms with van der Waals surface area (Å²) in [6.45, 7) is 3.22. The molecule has 2 atom stereocenters. The van der Waals surface area contributed by atoms with Gasteiger partial charge < -0.3 is 14.7 Å². The lowest BCUT2D eigenvalue weighted by molar-refractivity contribution is -0.149. The van der Waals surface area contributed by atoms with Gasteiger partial charge >= 0.3 is 12.0 Å². The smallest absolute Gasteiger partial charge is 0.347 e. The van der Waals surface area contributed by atoms with Crippen molar-refractivity contribution in [3.8, 4) is 6.01 Å². The number of carboxylic acids is 1. The van der Waals surface area contributed by atoms with Crippen LogP contribution in [0, 0.1) is 19.7 Å². The minimum absolute atomic E-state index is 0.0253. The van der Waals surface area contributed by atoms with Gasteiger partial charge in [-0.3, -0.25) is 10.1 Å². The number of para-hydroxylation sites is 1. The van der Waals surface area contributed by atoms with Crippen LogP contribution in [-0.4, -0.2) is 46.6 Å². The Morgan fingerprint density at radius 3 is 2.36 bits per heavy atom. The topological polar surface area (TPSA) is 105 Å². The van der Waals surface area contributed by atoms with E-state index in [1.54, 1.807) is 57.3 Å². The molecule has 33 heavy (non-hydrogen) atoms. The van der Waals surface area contributed by atoms with Crippen molar-refractivity contribution in [3.63, 3.8) is 0 Å². The van der Waals surface area contributed by atoms with Gasteiger partial charge in [0.25, 0.3) is 0 Å². The summed E-state index contributed by atoms with van der Waals surface area (Å²) in [5.41, 5.74) is 0.246. The number of carbonyl (C=O) groups excluding carboxylic acids is 1. The van der Waals surface area contributed by atoms with Gasteiger partial charge in [-0.1, -0.05) is 36.4 Å². The average Bonchev–Trinajstić information content (AvgIpc) is 2.88. The molecule has 1 amide bonds. The van der Waals surface area contributed by atoms with Crippen LogP contribution in [0.4, 0.5) is 10.1 Å². The zero-order valence-corrected chi connectivity index (χ0v) is 18.4. The number of nitrogens with zero attached hydrogens (tertiary/aromatic N) is 3. The molecule has 8 nitrogen and oxygen atoms in total. The summed E-state index contributed by atoms with van der Waals surface area (Å²) in [7, 11) is 1.59. The van der Waals surface area contributed by atoms with E-state index in [4.69, 9.17) is 4.74 Å². The van der Waals surface area contributed by atoms with E-state index in [1.807, 2.05) is 0 Å². The molecule has 2 N–H and O–H groups in total. The number of likely N-dealkylation sites (N-methyl/N-ethyl adjacent to an activating group) is 1. The number of amides is 1. The number of ether oxygens (including phenoxy) is 1. The molecule has 0 saturated heterocycles. The van der Waals surface area contributed by atoms with E-state index in [0.29, 0.717) is 22.6 Å². The molecular weight excluding hydrogens is 427 g/mol. The van der Waals surface area contributed by atoms with Gasteiger partial charge in [0.05, 0.1) is 6.54 Å². The SMILES string of the molecule is Cc1cc(C)nc(O[C@H](C(=O)O)[C@@]2(c3ccccc3F)NCC(=O)N(C)c3ccccc32)n1. The molecule has 9 heteroatoms. The Labute approximate surface area is 190 Å². The van der Waals surface area contributed by atoms with Crippen molar-refractivity contribution < 1.29 is 23.8 Å². The number of carboxylic acid groups (broad SMARTS) is 1. The number of nitrogens with one attached hydrogen (secondary N) is 1. The van der Waals surface area contributed by atoms with E-state index >= 15 is 4.39 Å². The molecule has 4 rings (SSSR count). The van der Waals surface area contributed by atoms with E-state index in [9.17, 15) is 14.7 Å². The first-order valence-corrected chi connectivity index (χ1v) is 10.3. The summed E-state index contributed by atoms with van der Waals surface area (Å²) in [6.07, 6.45) is -1.71. The van der Waals surface area contributed by atoms with Gasteiger partial charge in [-0.25, -0.2) is 19.2 Å². The summed E-state index contributed by atoms with van der Waals surface area (Å²) in [5, 5.41) is 13.4. The van der Waals surface area contributed by atoms with E-state index in [1.165, 1.54) is 23.1 Å². The highest BCUT2D eigenvalue weighted by Gasteiger charge is 2.53. The number of halogens is 1. The second kappa shape index (κ2) is 8.59. The van der Waals surface area contributed by atoms with Gasteiger partial charge in [-0.05, 0) is 32.0 Å². The molecule has 1 aliphatic rings. The minimum atomic E-state index is -1.77. The maximum atomic E-state index is 15.3. The third-order valence-electron chi connectivity index (χ3n) is 5.68. The molecule has 0 aliphatic carbocycles. The number of carbonyl (C=O) groups is 2. The van der Waals surface area contributed by atoms with Crippen LogP contribution < -0.4 is 15.0 Å². The van der Waals surface area contributed by atoms with E-state index in [2.05, 4.69) is 15.3 Å². The van der Waals surface area contributed by atoms with Crippen molar-refractivity contribution in [3.05, 3.63) is 82.9 Å². The number of hydrogen-bond acceptors (Lipinski definition) is 6. The van der Waals surface area contributed by atoms with Gasteiger partial charge in [-0.2, -0.15) is 0 Å². The number of aromatic nitrogens is 2. The standard InChI is InChI=1S/C24H23FN4O4/c1-14-12-15(2)28-23(27-14)33-21(22(31)32)24(16-8-4-6-10-18(16)25)17-9-5-7-11-19(17)29(3)20(30)13-26-24/h4-12,21,26H,13H2,1-3H3,(H,31,32)/t21-,24+/m1/s1. The number of fused-ring (bicyclic) bond motifs is 1. The Bertz CT molecular complexity index is 1210. The van der Waals surface area contributed by atoms with E-state index in [-0.39, 0.29) is 24.0 Å². The fraction of sp³-hybridized carbons (Fsp3) is 0.250. The molecule has 2 aromatic carbocycles. The highest BCUT2D eigenvalue weighted by Crippen LogP contribution is 2.42. The first-order valence-electron chi connectivity index (χ1n) is 10.3. The van der Waals surface area contributed by atoms with Gasteiger partial charge in [0.15, 0.2) is 0 Å². The normalized spacial score (nSPS) is 18.9. The zero-order valence-electron chi connectivity index (χ0n) is 18.4. The largest absolute Gasteiger partial charge is 0.478 e. The summed E-state index contributed by atoms with van der Waals surface area (Å²) in [6, 6.07) is 14.2. The lowest BCUT2D eigenvalue weighted by Crippen LogP contribution is -2.59. The molecular formula is C24H23FN4O4. The number of aliphatic carboxylic acids is 1. The molecule has 3 aromatic rings. The fourth-order valence-corrected chi connectivity index (χ4v) is 4.23. The number of hydrogen-bond donors (Lipinski definition) is 2. The quantitative estimate of drug-likeness (QED) is 0.616. The van der Waals surface area contributed by atoms with Gasteiger partial charge in [0.2, 0.25) is 12.0 Å². The molecule has 1 aromatic heterocycles. The van der Waals surface area contributed by atoms with Gasteiger partial charge in [-0.15, -0.1) is 0 Å². The fourth-order valence-electron chi connectivity index (χ4n) is 4.23. The highest BCUT2D eigenvalue weighted by molar-refractivity contribution is 5.97. The molecule has 0 spiro atoms. The molecule has 0 fully saturated rings. The summed E-state index contributed by atoms with van der Waals surface area (Å²) >= 11 is 0. The summed E-state index contributed by atoms with van der Waals surface area (Å²) in [5.74, 6) is -2.33. The van der Waals surface area contributed by atoms with Crippen molar-refractivity contribution in [2.24, 2.45) is 0 Å². The van der Waals surface area contributed by atoms with Crippen LogP contribution in [0.5, 0.6) is 6.01 Å². The Hall–Kier alpha value is -3.85. The lowest BCUT2D eigenvalue weighted by Gasteiger charge is -2.39. The Kier molecular flexibility index (Phi) is 5.82. The predicted molar refractivity (Wildman–Crippen MR) is 119 cm³/mol. The number of rotatable bonds is 5. The summed E-state index contributed by atoms with van der Waals surface area (Å²) < 4.78 is 21.2. The maximum absolute atomic E-state index is 15.3. The van der Waals surface area contributed by atoms with Crippen LogP contribution in [0.1, 0.15) is 22.5 Å². The second-order valence-corrected chi connectivity index (χ2v) is 7.88. The van der Waals surface area contributed by atoms with Crippen molar-refractivity contribution in [2.75, 3.05) is 18.5 Å². The van der Waals surface area contributed by atoms with Gasteiger partial charge in [0.1, 0.15) is 11.4 Å². The minimum Gasteiger partial charge on any atom is -0.478 e. The third kappa shape index (κ3) is 3.91. The second-order valence-electron chi connectivity index (χ2n) is 7.88. The van der Waals surface area contributed by atoms with Crippen LogP contribution in [0.3, 0.4) is 0 Å². The van der Waals surface area contributed by atoms with Gasteiger partial charge in [0, 0.05) is 35.2 Å². The third-order valence-corrected chi connectivity index (χ3v) is 5.68. The van der Waals surface area contributed by atoms with Crippen LogP contribution in [-0.2, 0) is 15.1 Å². The number of benzene rings is 2.